The number of carbonyl (C=O) groups excluding carboxylic acids is 4. The van der Waals surface area contributed by atoms with E-state index in [2.05, 4.69) is 32.9 Å². The van der Waals surface area contributed by atoms with E-state index < -0.39 is 64.8 Å². The molecule has 1 aliphatic heterocycles. The monoisotopic (exact) mass is 603 g/mol. The highest BCUT2D eigenvalue weighted by Crippen LogP contribution is 2.25. The van der Waals surface area contributed by atoms with Crippen LogP contribution in [0.3, 0.4) is 0 Å². The Bertz CT molecular complexity index is 1320. The maximum atomic E-state index is 13.3. The Hall–Kier alpha value is -5.39. The topological polar surface area (TPSA) is 255 Å². The van der Waals surface area contributed by atoms with Crippen LogP contribution in [-0.4, -0.2) is 70.9 Å². The third kappa shape index (κ3) is 11.6. The molecule has 0 spiro atoms. The zero-order chi connectivity index (χ0) is 31.8. The minimum Gasteiger partial charge on any atom is -0.493 e. The fourth-order valence-electron chi connectivity index (χ4n) is 3.83. The first-order chi connectivity index (χ1) is 20.5. The highest BCUT2D eigenvalue weighted by atomic mass is 17.3. The molecule has 1 aromatic rings. The molecule has 230 valence electrons. The minimum absolute atomic E-state index is 0.0692. The molecule has 2 rings (SSSR count). The number of carbonyl (C=O) groups is 5. The Morgan fingerprint density at radius 1 is 1.16 bits per heavy atom. The molecule has 0 aromatic heterocycles. The normalized spacial score (nSPS) is 18.9. The van der Waals surface area contributed by atoms with Crippen molar-refractivity contribution >= 4 is 35.3 Å². The number of carboxylic acid groups (broad SMARTS) is 1. The molecule has 8 N–H and O–H groups in total. The van der Waals surface area contributed by atoms with Gasteiger partial charge in [-0.3, -0.25) is 34.1 Å². The number of nitrogens with one attached hydrogen (secondary N) is 3. The number of fused-ring (bicyclic) bond motifs is 1. The van der Waals surface area contributed by atoms with Crippen LogP contribution >= 0.6 is 0 Å². The number of non-ortho nitro benzene ring substituents is 1. The quantitative estimate of drug-likeness (QED) is 0.0500. The van der Waals surface area contributed by atoms with Gasteiger partial charge in [0, 0.05) is 35.9 Å². The van der Waals surface area contributed by atoms with Crippen LogP contribution in [0.15, 0.2) is 18.2 Å². The number of rotatable bonds is 12. The number of terminal acetylenes is 1. The number of nitro groups is 1. The first-order valence-electron chi connectivity index (χ1n) is 13.0. The van der Waals surface area contributed by atoms with Gasteiger partial charge in [-0.05, 0) is 37.7 Å². The van der Waals surface area contributed by atoms with Gasteiger partial charge >= 0.3 is 5.97 Å². The molecule has 0 aliphatic carbocycles. The fraction of sp³-hybridized carbons (Fsp3) is 0.423. The van der Waals surface area contributed by atoms with E-state index in [1.54, 1.807) is 0 Å². The summed E-state index contributed by atoms with van der Waals surface area (Å²) in [5.41, 5.74) is 6.02. The number of primary amides is 1. The largest absolute Gasteiger partial charge is 0.493 e. The van der Waals surface area contributed by atoms with Crippen molar-refractivity contribution in [3.8, 4) is 30.1 Å². The summed E-state index contributed by atoms with van der Waals surface area (Å²) in [5, 5.41) is 27.8. The SMILES string of the molecule is C#CC#COO[NH2+]CCCC[C@@H]1NC(=O)C(CCC(=O)O)NC(=O)c2cc([N+](=O)[O-])ccc2OCCC(C(N)=O)NC1=O. The average Bonchev–Trinajstić information content (AvgIpc) is 2.96. The van der Waals surface area contributed by atoms with Crippen molar-refractivity contribution < 1.29 is 54.1 Å². The second-order valence-corrected chi connectivity index (χ2v) is 9.06. The molecule has 0 saturated heterocycles. The number of benzene rings is 1. The molecular formula is C26H31N6O11+. The number of nitrogens with zero attached hydrogens (tertiary/aromatic N) is 1. The lowest BCUT2D eigenvalue weighted by molar-refractivity contribution is -0.960. The van der Waals surface area contributed by atoms with E-state index in [1.165, 1.54) is 11.5 Å². The number of hydroxylamine groups is 1. The number of carboxylic acids is 1. The van der Waals surface area contributed by atoms with E-state index in [0.717, 1.165) is 12.1 Å². The van der Waals surface area contributed by atoms with E-state index >= 15 is 0 Å². The zero-order valence-electron chi connectivity index (χ0n) is 22.8. The molecule has 3 atom stereocenters. The van der Waals surface area contributed by atoms with Gasteiger partial charge in [0.15, 0.2) is 6.11 Å². The van der Waals surface area contributed by atoms with E-state index in [4.69, 9.17) is 27.0 Å². The van der Waals surface area contributed by atoms with Gasteiger partial charge < -0.3 is 31.5 Å². The molecular weight excluding hydrogens is 572 g/mol. The molecule has 43 heavy (non-hydrogen) atoms. The summed E-state index contributed by atoms with van der Waals surface area (Å²) in [6.07, 6.45) is 6.91. The van der Waals surface area contributed by atoms with Gasteiger partial charge in [0.1, 0.15) is 30.4 Å². The van der Waals surface area contributed by atoms with Crippen LogP contribution in [0.25, 0.3) is 0 Å². The molecule has 1 aromatic carbocycles. The lowest BCUT2D eigenvalue weighted by atomic mass is 10.0. The highest BCUT2D eigenvalue weighted by Gasteiger charge is 2.31. The van der Waals surface area contributed by atoms with Crippen molar-refractivity contribution in [2.24, 2.45) is 5.73 Å². The molecule has 1 aliphatic rings. The predicted octanol–water partition coefficient (Wildman–Crippen LogP) is -2.01. The number of quaternary nitrogens is 1. The number of amides is 4. The maximum Gasteiger partial charge on any atom is 0.303 e. The van der Waals surface area contributed by atoms with Gasteiger partial charge in [-0.2, -0.15) is 5.48 Å². The van der Waals surface area contributed by atoms with Crippen LogP contribution in [0, 0.1) is 34.5 Å². The zero-order valence-corrected chi connectivity index (χ0v) is 22.8. The first kappa shape index (κ1) is 33.8. The summed E-state index contributed by atoms with van der Waals surface area (Å²) in [7, 11) is 0. The van der Waals surface area contributed by atoms with Gasteiger partial charge in [0.05, 0.1) is 17.1 Å². The number of nitro benzene ring substituents is 1. The van der Waals surface area contributed by atoms with E-state index in [1.807, 2.05) is 5.92 Å². The van der Waals surface area contributed by atoms with E-state index in [-0.39, 0.29) is 37.2 Å². The van der Waals surface area contributed by atoms with Gasteiger partial charge in [-0.15, -0.1) is 6.42 Å². The van der Waals surface area contributed by atoms with Crippen LogP contribution in [0.5, 0.6) is 5.75 Å². The number of unbranched alkanes of at least 4 members (excludes halogenated alkanes) is 1. The number of hydrogen-bond acceptors (Lipinski definition) is 10. The summed E-state index contributed by atoms with van der Waals surface area (Å²) in [6, 6.07) is -0.703. The van der Waals surface area contributed by atoms with Crippen molar-refractivity contribution in [3.05, 3.63) is 33.9 Å². The predicted molar refractivity (Wildman–Crippen MR) is 144 cm³/mol. The molecule has 17 heteroatoms. The van der Waals surface area contributed by atoms with Gasteiger partial charge in [0.25, 0.3) is 11.6 Å². The Kier molecular flexibility index (Phi) is 13.7. The van der Waals surface area contributed by atoms with Crippen molar-refractivity contribution in [3.63, 3.8) is 0 Å². The van der Waals surface area contributed by atoms with Gasteiger partial charge in [0.2, 0.25) is 17.7 Å². The van der Waals surface area contributed by atoms with E-state index in [0.29, 0.717) is 19.4 Å². The summed E-state index contributed by atoms with van der Waals surface area (Å²) >= 11 is 0. The van der Waals surface area contributed by atoms with Gasteiger partial charge in [-0.25, -0.2) is 4.89 Å². The van der Waals surface area contributed by atoms with Crippen LogP contribution in [0.4, 0.5) is 5.69 Å². The lowest BCUT2D eigenvalue weighted by Gasteiger charge is -2.25. The lowest BCUT2D eigenvalue weighted by Crippen LogP contribution is -2.82. The number of aliphatic carboxylic acids is 1. The molecule has 4 amide bonds. The summed E-state index contributed by atoms with van der Waals surface area (Å²) in [4.78, 5) is 82.7. The Balaban J connectivity index is 2.30. The standard InChI is InChI=1S/C26H30N6O11/c1-2-3-13-42-43-28-12-5-4-6-19-25(37)29-18(23(27)35)11-14-41-21-9-7-16(32(39)40)15-17(21)24(36)30-20(26(38)31-19)8-10-22(33)34/h1,7,9,15,18-20,28H,4-6,8,10-12,14H2,(H2,27,35)(H,29,37)(H,30,36)(H,31,38)(H,33,34)/p+1/t18?,19-,20?/m0/s1. The van der Waals surface area contributed by atoms with Crippen LogP contribution < -0.4 is 31.9 Å². The number of nitrogens with two attached hydrogens (primary N) is 2. The minimum atomic E-state index is -1.45. The van der Waals surface area contributed by atoms with Crippen molar-refractivity contribution in [2.75, 3.05) is 13.2 Å². The smallest absolute Gasteiger partial charge is 0.303 e. The first-order valence-corrected chi connectivity index (χ1v) is 13.0. The Labute approximate surface area is 245 Å². The third-order valence-electron chi connectivity index (χ3n) is 5.99. The number of ether oxygens (including phenoxy) is 1. The Morgan fingerprint density at radius 2 is 1.88 bits per heavy atom. The highest BCUT2D eigenvalue weighted by molar-refractivity contribution is 6.01. The van der Waals surface area contributed by atoms with Crippen LogP contribution in [-0.2, 0) is 29.1 Å². The summed E-state index contributed by atoms with van der Waals surface area (Å²) < 4.78 is 5.59. The fourth-order valence-corrected chi connectivity index (χ4v) is 3.83. The average molecular weight is 604 g/mol. The van der Waals surface area contributed by atoms with Crippen molar-refractivity contribution in [1.29, 1.82) is 0 Å². The molecule has 0 radical (unpaired) electrons. The molecule has 0 saturated carbocycles. The number of hydrogen-bond donors (Lipinski definition) is 6. The second-order valence-electron chi connectivity index (χ2n) is 9.06. The van der Waals surface area contributed by atoms with Crippen molar-refractivity contribution in [1.82, 2.24) is 16.0 Å². The second kappa shape index (κ2) is 17.4. The van der Waals surface area contributed by atoms with Crippen LogP contribution in [0.2, 0.25) is 0 Å². The van der Waals surface area contributed by atoms with Crippen LogP contribution in [0.1, 0.15) is 48.9 Å². The maximum absolute atomic E-state index is 13.3. The van der Waals surface area contributed by atoms with E-state index in [9.17, 15) is 34.1 Å². The molecule has 0 fully saturated rings. The van der Waals surface area contributed by atoms with Crippen molar-refractivity contribution in [2.45, 2.75) is 56.7 Å². The molecule has 2 unspecified atom stereocenters. The summed E-state index contributed by atoms with van der Waals surface area (Å²) in [5.74, 6) is -0.656. The van der Waals surface area contributed by atoms with Gasteiger partial charge in [-0.1, -0.05) is 0 Å². The Morgan fingerprint density at radius 3 is 2.56 bits per heavy atom. The molecule has 0 bridgehead atoms. The summed E-state index contributed by atoms with van der Waals surface area (Å²) in [6.45, 7) is 0.138. The third-order valence-corrected chi connectivity index (χ3v) is 5.99. The molecule has 1 heterocycles. The molecule has 17 nitrogen and oxygen atoms in total.